The Balaban J connectivity index is 3.06. The van der Waals surface area contributed by atoms with Gasteiger partial charge in [0.2, 0.25) is 0 Å². The number of carbonyl (C=O) groups excluding carboxylic acids is 1. The lowest BCUT2D eigenvalue weighted by molar-refractivity contribution is -0.111. The van der Waals surface area contributed by atoms with Crippen LogP contribution in [0.2, 0.25) is 0 Å². The van der Waals surface area contributed by atoms with Gasteiger partial charge in [0.05, 0.1) is 6.07 Å². The second-order valence-electron chi connectivity index (χ2n) is 3.81. The molecule has 1 atom stereocenters. The summed E-state index contributed by atoms with van der Waals surface area (Å²) in [5, 5.41) is 9.15. The first-order chi connectivity index (χ1) is 7.68. The molecule has 3 heteroatoms. The minimum absolute atomic E-state index is 0.364. The number of nitrogens with zero attached hydrogens (tertiary/aromatic N) is 1. The van der Waals surface area contributed by atoms with Crippen molar-refractivity contribution in [3.8, 4) is 6.07 Å². The number of halogens is 1. The van der Waals surface area contributed by atoms with E-state index < -0.39 is 5.41 Å². The molecule has 0 radical (unpaired) electrons. The predicted molar refractivity (Wildman–Crippen MR) is 59.3 cm³/mol. The number of hydrogen-bond donors (Lipinski definition) is 0. The van der Waals surface area contributed by atoms with Crippen molar-refractivity contribution < 1.29 is 9.18 Å². The molecule has 0 bridgehead atoms. The smallest absolute Gasteiger partial charge is 0.144 e. The van der Waals surface area contributed by atoms with Gasteiger partial charge in [-0.05, 0) is 24.1 Å². The van der Waals surface area contributed by atoms with Crippen LogP contribution in [0.5, 0.6) is 0 Å². The van der Waals surface area contributed by atoms with Crippen molar-refractivity contribution in [1.29, 1.82) is 5.26 Å². The summed E-state index contributed by atoms with van der Waals surface area (Å²) < 4.78 is 12.8. The highest BCUT2D eigenvalue weighted by Gasteiger charge is 2.31. The molecule has 0 aliphatic rings. The molecule has 0 saturated heterocycles. The Hall–Kier alpha value is -1.69. The summed E-state index contributed by atoms with van der Waals surface area (Å²) in [7, 11) is 0. The highest BCUT2D eigenvalue weighted by atomic mass is 19.1. The van der Waals surface area contributed by atoms with Crippen molar-refractivity contribution in [2.75, 3.05) is 0 Å². The molecule has 1 aromatic rings. The van der Waals surface area contributed by atoms with Gasteiger partial charge in [0, 0.05) is 0 Å². The second kappa shape index (κ2) is 5.41. The highest BCUT2D eigenvalue weighted by molar-refractivity contribution is 5.73. The Morgan fingerprint density at radius 2 is 2.06 bits per heavy atom. The van der Waals surface area contributed by atoms with Crippen molar-refractivity contribution in [1.82, 2.24) is 0 Å². The molecule has 2 nitrogen and oxygen atoms in total. The fourth-order valence-corrected chi connectivity index (χ4v) is 1.62. The normalized spacial score (nSPS) is 13.8. The van der Waals surface area contributed by atoms with Crippen LogP contribution in [0.4, 0.5) is 4.39 Å². The lowest BCUT2D eigenvalue weighted by Gasteiger charge is -2.20. The molecular weight excluding hydrogens is 205 g/mol. The van der Waals surface area contributed by atoms with Crippen LogP contribution in [-0.4, -0.2) is 6.29 Å². The maximum atomic E-state index is 12.8. The molecule has 0 amide bonds. The zero-order valence-corrected chi connectivity index (χ0v) is 9.24. The summed E-state index contributed by atoms with van der Waals surface area (Å²) >= 11 is 0. The average molecular weight is 219 g/mol. The Kier molecular flexibility index (Phi) is 4.19. The fraction of sp³-hybridized carbons (Fsp3) is 0.385. The van der Waals surface area contributed by atoms with Gasteiger partial charge >= 0.3 is 0 Å². The third kappa shape index (κ3) is 2.46. The van der Waals surface area contributed by atoms with E-state index in [0.29, 0.717) is 18.3 Å². The number of aldehydes is 1. The number of carbonyl (C=O) groups is 1. The van der Waals surface area contributed by atoms with Crippen molar-refractivity contribution in [2.45, 2.75) is 31.6 Å². The third-order valence-electron chi connectivity index (χ3n) is 2.68. The van der Waals surface area contributed by atoms with Gasteiger partial charge in [0.15, 0.2) is 0 Å². The van der Waals surface area contributed by atoms with E-state index >= 15 is 0 Å². The maximum Gasteiger partial charge on any atom is 0.144 e. The van der Waals surface area contributed by atoms with Crippen molar-refractivity contribution in [2.24, 2.45) is 0 Å². The quantitative estimate of drug-likeness (QED) is 0.714. The van der Waals surface area contributed by atoms with Gasteiger partial charge in [-0.25, -0.2) is 4.39 Å². The summed E-state index contributed by atoms with van der Waals surface area (Å²) in [5.41, 5.74) is -0.552. The summed E-state index contributed by atoms with van der Waals surface area (Å²) in [6.07, 6.45) is 2.85. The minimum atomic E-state index is -1.12. The molecule has 0 fully saturated rings. The summed E-state index contributed by atoms with van der Waals surface area (Å²) in [6, 6.07) is 7.60. The molecule has 0 heterocycles. The molecule has 84 valence electrons. The Labute approximate surface area is 94.7 Å². The monoisotopic (exact) mass is 219 g/mol. The minimum Gasteiger partial charge on any atom is -0.301 e. The van der Waals surface area contributed by atoms with Crippen LogP contribution in [-0.2, 0) is 10.2 Å². The molecule has 0 saturated carbocycles. The number of unbranched alkanes of at least 4 members (excludes halogenated alkanes) is 1. The standard InChI is InChI=1S/C13H14FNO/c1-2-3-8-13(9-15,10-16)11-4-6-12(14)7-5-11/h4-7,10H,2-3,8H2,1H3. The van der Waals surface area contributed by atoms with E-state index in [1.165, 1.54) is 24.3 Å². The molecule has 0 aromatic heterocycles. The van der Waals surface area contributed by atoms with Crippen molar-refractivity contribution in [3.05, 3.63) is 35.6 Å². The first kappa shape index (κ1) is 12.4. The molecule has 1 rings (SSSR count). The van der Waals surface area contributed by atoms with Gasteiger partial charge in [-0.1, -0.05) is 31.9 Å². The number of benzene rings is 1. The van der Waals surface area contributed by atoms with E-state index in [4.69, 9.17) is 5.26 Å². The topological polar surface area (TPSA) is 40.9 Å². The van der Waals surface area contributed by atoms with Gasteiger partial charge in [-0.2, -0.15) is 5.26 Å². The van der Waals surface area contributed by atoms with E-state index in [2.05, 4.69) is 0 Å². The van der Waals surface area contributed by atoms with E-state index in [1.54, 1.807) is 0 Å². The SMILES string of the molecule is CCCCC(C#N)(C=O)c1ccc(F)cc1. The first-order valence-electron chi connectivity index (χ1n) is 5.32. The van der Waals surface area contributed by atoms with E-state index in [1.807, 2.05) is 13.0 Å². The predicted octanol–water partition coefficient (Wildman–Crippen LogP) is 2.98. The summed E-state index contributed by atoms with van der Waals surface area (Å²) in [4.78, 5) is 11.1. The molecule has 0 aliphatic heterocycles. The lowest BCUT2D eigenvalue weighted by atomic mass is 9.79. The van der Waals surface area contributed by atoms with Crippen LogP contribution in [0, 0.1) is 17.1 Å². The third-order valence-corrected chi connectivity index (χ3v) is 2.68. The van der Waals surface area contributed by atoms with E-state index in [9.17, 15) is 9.18 Å². The number of nitriles is 1. The first-order valence-corrected chi connectivity index (χ1v) is 5.32. The number of hydrogen-bond acceptors (Lipinski definition) is 2. The van der Waals surface area contributed by atoms with Crippen LogP contribution >= 0.6 is 0 Å². The highest BCUT2D eigenvalue weighted by Crippen LogP contribution is 2.27. The summed E-state index contributed by atoms with van der Waals surface area (Å²) in [6.45, 7) is 2.00. The average Bonchev–Trinajstić information content (AvgIpc) is 2.33. The fourth-order valence-electron chi connectivity index (χ4n) is 1.62. The Morgan fingerprint density at radius 3 is 2.50 bits per heavy atom. The molecular formula is C13H14FNO. The zero-order chi connectivity index (χ0) is 12.0. The largest absolute Gasteiger partial charge is 0.301 e. The van der Waals surface area contributed by atoms with E-state index in [0.717, 1.165) is 12.8 Å². The zero-order valence-electron chi connectivity index (χ0n) is 9.24. The van der Waals surface area contributed by atoms with Gasteiger partial charge in [-0.15, -0.1) is 0 Å². The lowest BCUT2D eigenvalue weighted by Crippen LogP contribution is -2.25. The Bertz CT molecular complexity index is 393. The second-order valence-corrected chi connectivity index (χ2v) is 3.81. The van der Waals surface area contributed by atoms with Crippen molar-refractivity contribution >= 4 is 6.29 Å². The molecule has 0 aliphatic carbocycles. The van der Waals surface area contributed by atoms with Crippen molar-refractivity contribution in [3.63, 3.8) is 0 Å². The van der Waals surface area contributed by atoms with Crippen LogP contribution < -0.4 is 0 Å². The molecule has 16 heavy (non-hydrogen) atoms. The van der Waals surface area contributed by atoms with Gasteiger partial charge < -0.3 is 4.79 Å². The van der Waals surface area contributed by atoms with Gasteiger partial charge in [0.1, 0.15) is 17.5 Å². The van der Waals surface area contributed by atoms with Crippen LogP contribution in [0.3, 0.4) is 0 Å². The summed E-state index contributed by atoms with van der Waals surface area (Å²) in [5.74, 6) is -0.364. The van der Waals surface area contributed by atoms with Crippen LogP contribution in [0.1, 0.15) is 31.7 Å². The molecule has 1 aromatic carbocycles. The van der Waals surface area contributed by atoms with Crippen LogP contribution in [0.25, 0.3) is 0 Å². The Morgan fingerprint density at radius 1 is 1.44 bits per heavy atom. The number of rotatable bonds is 5. The van der Waals surface area contributed by atoms with Gasteiger partial charge in [-0.3, -0.25) is 0 Å². The molecule has 0 N–H and O–H groups in total. The molecule has 0 spiro atoms. The maximum absolute atomic E-state index is 12.8. The van der Waals surface area contributed by atoms with Gasteiger partial charge in [0.25, 0.3) is 0 Å². The van der Waals surface area contributed by atoms with Crippen LogP contribution in [0.15, 0.2) is 24.3 Å². The molecule has 1 unspecified atom stereocenters. The van der Waals surface area contributed by atoms with E-state index in [-0.39, 0.29) is 5.82 Å².